The molecule has 0 saturated carbocycles. The molecule has 1 atom stereocenters. The molecule has 2 saturated heterocycles. The molecule has 2 heterocycles. The fraction of sp³-hybridized carbons (Fsp3) is 0.533. The maximum atomic E-state index is 9.67. The van der Waals surface area contributed by atoms with Gasteiger partial charge in [-0.25, -0.2) is 0 Å². The second kappa shape index (κ2) is 10.7. The van der Waals surface area contributed by atoms with Crippen LogP contribution in [-0.2, 0) is 4.79 Å². The minimum Gasteiger partial charge on any atom is -0.508 e. The Bertz CT molecular complexity index is 450. The van der Waals surface area contributed by atoms with Gasteiger partial charge in [-0.3, -0.25) is 4.79 Å². The number of carbonyl (C=O) groups is 1. The monoisotopic (exact) mass is 347 g/mol. The summed E-state index contributed by atoms with van der Waals surface area (Å²) in [5.41, 5.74) is 0. The molecule has 1 unspecified atom stereocenters. The van der Waals surface area contributed by atoms with Crippen LogP contribution in [0.15, 0.2) is 18.2 Å². The average Bonchev–Trinajstić information content (AvgIpc) is 2.91. The van der Waals surface area contributed by atoms with E-state index < -0.39 is 0 Å². The van der Waals surface area contributed by atoms with Crippen LogP contribution in [-0.4, -0.2) is 43.2 Å². The summed E-state index contributed by atoms with van der Waals surface area (Å²) < 4.78 is 0. The van der Waals surface area contributed by atoms with E-state index in [0.717, 1.165) is 25.5 Å². The second-order valence-electron chi connectivity index (χ2n) is 5.24. The van der Waals surface area contributed by atoms with Crippen molar-refractivity contribution in [3.8, 4) is 5.75 Å². The molecule has 0 aliphatic carbocycles. The molecule has 124 valence electrons. The molecule has 2 fully saturated rings. The van der Waals surface area contributed by atoms with E-state index in [4.69, 9.17) is 28.3 Å². The van der Waals surface area contributed by atoms with Crippen LogP contribution in [0, 0.1) is 0 Å². The largest absolute Gasteiger partial charge is 0.508 e. The normalized spacial score (nSPS) is 19.9. The van der Waals surface area contributed by atoms with Gasteiger partial charge in [-0.2, -0.15) is 0 Å². The molecule has 22 heavy (non-hydrogen) atoms. The zero-order valence-electron chi connectivity index (χ0n) is 12.6. The summed E-state index contributed by atoms with van der Waals surface area (Å²) in [5, 5.41) is 18.6. The molecule has 2 aliphatic heterocycles. The minimum absolute atomic E-state index is 0.129. The quantitative estimate of drug-likeness (QED) is 0.618. The molecule has 0 bridgehead atoms. The molecular weight excluding hydrogens is 325 g/mol. The van der Waals surface area contributed by atoms with Crippen LogP contribution in [0.25, 0.3) is 0 Å². The van der Waals surface area contributed by atoms with Crippen molar-refractivity contribution in [2.75, 3.05) is 19.6 Å². The third kappa shape index (κ3) is 7.84. The molecule has 1 amide bonds. The number of carbonyl (C=O) groups excluding carboxylic acids is 1. The number of aromatic hydroxyl groups is 1. The first kappa shape index (κ1) is 19.0. The fourth-order valence-electron chi connectivity index (χ4n) is 1.85. The van der Waals surface area contributed by atoms with E-state index in [2.05, 4.69) is 22.9 Å². The van der Waals surface area contributed by atoms with Gasteiger partial charge in [-0.05, 0) is 44.5 Å². The molecule has 7 heteroatoms. The van der Waals surface area contributed by atoms with E-state index in [-0.39, 0.29) is 5.75 Å². The van der Waals surface area contributed by atoms with Crippen LogP contribution in [0.3, 0.4) is 0 Å². The van der Waals surface area contributed by atoms with Crippen LogP contribution < -0.4 is 16.0 Å². The molecule has 1 aromatic carbocycles. The van der Waals surface area contributed by atoms with Gasteiger partial charge in [0.05, 0.1) is 16.1 Å². The molecule has 5 nitrogen and oxygen atoms in total. The summed E-state index contributed by atoms with van der Waals surface area (Å²) in [6.45, 7) is 5.33. The molecule has 4 N–H and O–H groups in total. The zero-order chi connectivity index (χ0) is 16.4. The average molecular weight is 348 g/mol. The standard InChI is InChI=1S/C6H4Cl2O.C5H11N.C4H8N2O/c7-5-2-1-4(9)3-6(5)8;1-5-3-2-4-6-5;7-3-6-4-1-5-2-4/h1-3,9H;5-6H,2-4H2,1H3;3-5H,1-2H2,(H,6,7). The molecule has 1 aromatic rings. The van der Waals surface area contributed by atoms with Crippen molar-refractivity contribution in [3.05, 3.63) is 28.2 Å². The highest BCUT2D eigenvalue weighted by Gasteiger charge is 2.13. The summed E-state index contributed by atoms with van der Waals surface area (Å²) in [4.78, 5) is 9.67. The minimum atomic E-state index is 0.129. The van der Waals surface area contributed by atoms with Crippen molar-refractivity contribution < 1.29 is 9.90 Å². The van der Waals surface area contributed by atoms with Crippen molar-refractivity contribution >= 4 is 29.6 Å². The number of halogens is 2. The Morgan fingerprint density at radius 1 is 1.32 bits per heavy atom. The zero-order valence-corrected chi connectivity index (χ0v) is 14.1. The van der Waals surface area contributed by atoms with Crippen molar-refractivity contribution in [2.24, 2.45) is 0 Å². The Morgan fingerprint density at radius 3 is 2.32 bits per heavy atom. The number of phenols is 1. The van der Waals surface area contributed by atoms with E-state index in [1.54, 1.807) is 6.07 Å². The fourth-order valence-corrected chi connectivity index (χ4v) is 2.14. The highest BCUT2D eigenvalue weighted by Crippen LogP contribution is 2.24. The van der Waals surface area contributed by atoms with E-state index in [0.29, 0.717) is 16.1 Å². The molecule has 0 spiro atoms. The van der Waals surface area contributed by atoms with Crippen LogP contribution in [0.1, 0.15) is 19.8 Å². The first-order chi connectivity index (χ1) is 10.5. The van der Waals surface area contributed by atoms with Gasteiger partial charge in [0.15, 0.2) is 0 Å². The lowest BCUT2D eigenvalue weighted by Crippen LogP contribution is -2.54. The number of hydrogen-bond donors (Lipinski definition) is 4. The Hall–Kier alpha value is -1.01. The van der Waals surface area contributed by atoms with Crippen molar-refractivity contribution in [3.63, 3.8) is 0 Å². The number of benzene rings is 1. The summed E-state index contributed by atoms with van der Waals surface area (Å²) in [6.07, 6.45) is 3.49. The van der Waals surface area contributed by atoms with Gasteiger partial charge in [0.1, 0.15) is 5.75 Å². The van der Waals surface area contributed by atoms with Gasteiger partial charge in [-0.15, -0.1) is 0 Å². The maximum absolute atomic E-state index is 9.67. The van der Waals surface area contributed by atoms with Gasteiger partial charge in [0.25, 0.3) is 0 Å². The summed E-state index contributed by atoms with van der Waals surface area (Å²) in [7, 11) is 0. The van der Waals surface area contributed by atoms with E-state index in [9.17, 15) is 4.79 Å². The van der Waals surface area contributed by atoms with Crippen LogP contribution in [0.2, 0.25) is 10.0 Å². The van der Waals surface area contributed by atoms with Crippen LogP contribution in [0.5, 0.6) is 5.75 Å². The van der Waals surface area contributed by atoms with Gasteiger partial charge in [-0.1, -0.05) is 23.2 Å². The number of phenolic OH excluding ortho intramolecular Hbond substituents is 1. The number of rotatable bonds is 2. The second-order valence-corrected chi connectivity index (χ2v) is 6.05. The third-order valence-corrected chi connectivity index (χ3v) is 4.03. The maximum Gasteiger partial charge on any atom is 0.207 e. The van der Waals surface area contributed by atoms with Gasteiger partial charge in [0, 0.05) is 19.1 Å². The first-order valence-electron chi connectivity index (χ1n) is 7.30. The first-order valence-corrected chi connectivity index (χ1v) is 8.06. The Morgan fingerprint density at radius 2 is 2.05 bits per heavy atom. The highest BCUT2D eigenvalue weighted by molar-refractivity contribution is 6.42. The Balaban J connectivity index is 0.000000169. The SMILES string of the molecule is CC1CCCN1.O=CNC1CNC1.Oc1ccc(Cl)c(Cl)c1. The lowest BCUT2D eigenvalue weighted by molar-refractivity contribution is -0.110. The van der Waals surface area contributed by atoms with Gasteiger partial charge < -0.3 is 21.1 Å². The lowest BCUT2D eigenvalue weighted by Gasteiger charge is -2.25. The van der Waals surface area contributed by atoms with Crippen LogP contribution >= 0.6 is 23.2 Å². The molecule has 2 aliphatic rings. The molecule has 3 rings (SSSR count). The van der Waals surface area contributed by atoms with Gasteiger partial charge >= 0.3 is 0 Å². The topological polar surface area (TPSA) is 73.4 Å². The molecular formula is C15H23Cl2N3O2. The molecule has 0 aromatic heterocycles. The predicted molar refractivity (Wildman–Crippen MR) is 90.7 cm³/mol. The number of hydrogen-bond acceptors (Lipinski definition) is 4. The summed E-state index contributed by atoms with van der Waals surface area (Å²) >= 11 is 11.1. The Labute approximate surface area is 141 Å². The van der Waals surface area contributed by atoms with E-state index in [1.165, 1.54) is 31.5 Å². The van der Waals surface area contributed by atoms with Crippen molar-refractivity contribution in [2.45, 2.75) is 31.8 Å². The highest BCUT2D eigenvalue weighted by atomic mass is 35.5. The lowest BCUT2D eigenvalue weighted by atomic mass is 10.2. The van der Waals surface area contributed by atoms with E-state index in [1.807, 2.05) is 0 Å². The number of amides is 1. The Kier molecular flexibility index (Phi) is 9.24. The third-order valence-electron chi connectivity index (χ3n) is 3.30. The predicted octanol–water partition coefficient (Wildman–Crippen LogP) is 2.16. The van der Waals surface area contributed by atoms with Crippen molar-refractivity contribution in [1.29, 1.82) is 0 Å². The van der Waals surface area contributed by atoms with Gasteiger partial charge in [0.2, 0.25) is 6.41 Å². The van der Waals surface area contributed by atoms with Crippen molar-refractivity contribution in [1.82, 2.24) is 16.0 Å². The van der Waals surface area contributed by atoms with Crippen LogP contribution in [0.4, 0.5) is 0 Å². The summed E-state index contributed by atoms with van der Waals surface area (Å²) in [5.74, 6) is 0.129. The smallest absolute Gasteiger partial charge is 0.207 e. The molecule has 0 radical (unpaired) electrons. The van der Waals surface area contributed by atoms with E-state index >= 15 is 0 Å². The summed E-state index contributed by atoms with van der Waals surface area (Å²) in [6, 6.07) is 5.61. The number of nitrogens with one attached hydrogen (secondary N) is 3.